The van der Waals surface area contributed by atoms with E-state index in [1.54, 1.807) is 12.1 Å². The van der Waals surface area contributed by atoms with Crippen LogP contribution in [0.15, 0.2) is 12.1 Å². The normalized spacial score (nSPS) is 21.0. The largest absolute Gasteiger partial charge is 0.322 e. The van der Waals surface area contributed by atoms with Crippen molar-refractivity contribution < 1.29 is 14.4 Å². The highest BCUT2D eigenvalue weighted by Gasteiger charge is 2.39. The Morgan fingerprint density at radius 2 is 2.10 bits per heavy atom. The second kappa shape index (κ2) is 5.11. The second-order valence-corrected chi connectivity index (χ2v) is 6.16. The Bertz CT molecular complexity index is 723. The van der Waals surface area contributed by atoms with Crippen LogP contribution in [0.5, 0.6) is 0 Å². The lowest BCUT2D eigenvalue weighted by atomic mass is 10.0. The van der Waals surface area contributed by atoms with Crippen molar-refractivity contribution in [3.8, 4) is 6.07 Å². The van der Waals surface area contributed by atoms with Gasteiger partial charge in [-0.1, -0.05) is 0 Å². The Hall–Kier alpha value is -1.95. The van der Waals surface area contributed by atoms with Crippen molar-refractivity contribution in [2.75, 3.05) is 0 Å². The SMILES string of the molecule is N#Cc1cc2c(cc1I)CN(C1CCC(=O)NC1=O)C2=O. The topological polar surface area (TPSA) is 90.3 Å². The molecule has 2 aliphatic heterocycles. The van der Waals surface area contributed by atoms with Gasteiger partial charge in [-0.3, -0.25) is 19.7 Å². The molecule has 0 spiro atoms. The van der Waals surface area contributed by atoms with Gasteiger partial charge in [0.15, 0.2) is 0 Å². The molecule has 0 radical (unpaired) electrons. The highest BCUT2D eigenvalue weighted by molar-refractivity contribution is 14.1. The fraction of sp³-hybridized carbons (Fsp3) is 0.286. The van der Waals surface area contributed by atoms with Crippen molar-refractivity contribution >= 4 is 40.3 Å². The van der Waals surface area contributed by atoms with E-state index in [-0.39, 0.29) is 18.2 Å². The Labute approximate surface area is 134 Å². The number of nitrogens with one attached hydrogen (secondary N) is 1. The van der Waals surface area contributed by atoms with Crippen LogP contribution in [0.3, 0.4) is 0 Å². The van der Waals surface area contributed by atoms with Crippen molar-refractivity contribution in [2.45, 2.75) is 25.4 Å². The number of benzene rings is 1. The summed E-state index contributed by atoms with van der Waals surface area (Å²) in [5.41, 5.74) is 1.73. The number of piperidine rings is 1. The van der Waals surface area contributed by atoms with Crippen molar-refractivity contribution in [3.63, 3.8) is 0 Å². The molecule has 0 bridgehead atoms. The van der Waals surface area contributed by atoms with E-state index in [2.05, 4.69) is 34.0 Å². The van der Waals surface area contributed by atoms with E-state index in [9.17, 15) is 14.4 Å². The maximum atomic E-state index is 12.5. The molecule has 21 heavy (non-hydrogen) atoms. The van der Waals surface area contributed by atoms with Gasteiger partial charge in [-0.15, -0.1) is 0 Å². The number of carbonyl (C=O) groups excluding carboxylic acids is 3. The summed E-state index contributed by atoms with van der Waals surface area (Å²) in [6, 6.07) is 4.81. The number of rotatable bonds is 1. The van der Waals surface area contributed by atoms with Crippen LogP contribution in [0, 0.1) is 14.9 Å². The van der Waals surface area contributed by atoms with Gasteiger partial charge in [0.2, 0.25) is 11.8 Å². The highest BCUT2D eigenvalue weighted by Crippen LogP contribution is 2.30. The first kappa shape index (κ1) is 14.0. The third-order valence-electron chi connectivity index (χ3n) is 3.73. The van der Waals surface area contributed by atoms with Crippen LogP contribution in [0.4, 0.5) is 0 Å². The Kier molecular flexibility index (Phi) is 3.41. The molecule has 1 fully saturated rings. The molecule has 2 aliphatic rings. The number of halogens is 1. The van der Waals surface area contributed by atoms with Gasteiger partial charge >= 0.3 is 0 Å². The van der Waals surface area contributed by atoms with Gasteiger partial charge in [0.05, 0.1) is 5.56 Å². The molecule has 106 valence electrons. The van der Waals surface area contributed by atoms with Crippen LogP contribution >= 0.6 is 22.6 Å². The first-order chi connectivity index (χ1) is 10.0. The van der Waals surface area contributed by atoms with Crippen LogP contribution in [-0.4, -0.2) is 28.7 Å². The number of hydrogen-bond donors (Lipinski definition) is 1. The zero-order chi connectivity index (χ0) is 15.1. The smallest absolute Gasteiger partial charge is 0.255 e. The van der Waals surface area contributed by atoms with Gasteiger partial charge in [-0.25, -0.2) is 0 Å². The quantitative estimate of drug-likeness (QED) is 0.566. The summed E-state index contributed by atoms with van der Waals surface area (Å²) in [7, 11) is 0. The average Bonchev–Trinajstić information content (AvgIpc) is 2.74. The summed E-state index contributed by atoms with van der Waals surface area (Å²) in [6.45, 7) is 0.335. The second-order valence-electron chi connectivity index (χ2n) is 5.00. The number of nitrogens with zero attached hydrogens (tertiary/aromatic N) is 2. The minimum atomic E-state index is -0.620. The van der Waals surface area contributed by atoms with Gasteiger partial charge in [0, 0.05) is 22.1 Å². The number of nitriles is 1. The molecule has 0 aliphatic carbocycles. The van der Waals surface area contributed by atoms with E-state index >= 15 is 0 Å². The van der Waals surface area contributed by atoms with Crippen LogP contribution in [0.2, 0.25) is 0 Å². The van der Waals surface area contributed by atoms with E-state index in [4.69, 9.17) is 5.26 Å². The molecule has 0 aromatic heterocycles. The number of fused-ring (bicyclic) bond motifs is 1. The maximum absolute atomic E-state index is 12.5. The van der Waals surface area contributed by atoms with Crippen LogP contribution in [0.25, 0.3) is 0 Å². The Morgan fingerprint density at radius 1 is 1.33 bits per heavy atom. The minimum Gasteiger partial charge on any atom is -0.322 e. The van der Waals surface area contributed by atoms with Crippen LogP contribution < -0.4 is 5.32 Å². The molecule has 7 heteroatoms. The van der Waals surface area contributed by atoms with Crippen LogP contribution in [-0.2, 0) is 16.1 Å². The predicted molar refractivity (Wildman–Crippen MR) is 79.9 cm³/mol. The van der Waals surface area contributed by atoms with E-state index in [1.807, 2.05) is 0 Å². The van der Waals surface area contributed by atoms with Gasteiger partial charge in [-0.05, 0) is 46.7 Å². The summed E-state index contributed by atoms with van der Waals surface area (Å²) in [6.07, 6.45) is 0.574. The first-order valence-corrected chi connectivity index (χ1v) is 7.46. The molecule has 2 heterocycles. The third-order valence-corrected chi connectivity index (χ3v) is 4.62. The maximum Gasteiger partial charge on any atom is 0.255 e. The van der Waals surface area contributed by atoms with E-state index in [1.165, 1.54) is 4.90 Å². The lowest BCUT2D eigenvalue weighted by Gasteiger charge is -2.29. The van der Waals surface area contributed by atoms with E-state index in [0.717, 1.165) is 9.13 Å². The summed E-state index contributed by atoms with van der Waals surface area (Å²) >= 11 is 2.05. The molecule has 1 aromatic carbocycles. The van der Waals surface area contributed by atoms with Gasteiger partial charge < -0.3 is 4.90 Å². The molecule has 0 saturated carbocycles. The first-order valence-electron chi connectivity index (χ1n) is 6.38. The van der Waals surface area contributed by atoms with Crippen molar-refractivity contribution in [3.05, 3.63) is 32.4 Å². The molecule has 1 unspecified atom stereocenters. The Balaban J connectivity index is 1.92. The summed E-state index contributed by atoms with van der Waals surface area (Å²) in [5, 5.41) is 11.3. The zero-order valence-electron chi connectivity index (χ0n) is 10.9. The molecular weight excluding hydrogens is 385 g/mol. The number of hydrogen-bond acceptors (Lipinski definition) is 4. The highest BCUT2D eigenvalue weighted by atomic mass is 127. The van der Waals surface area contributed by atoms with Crippen LogP contribution in [0.1, 0.15) is 34.3 Å². The lowest BCUT2D eigenvalue weighted by Crippen LogP contribution is -2.52. The molecular formula is C14H10IN3O3. The van der Waals surface area contributed by atoms with Gasteiger partial charge in [-0.2, -0.15) is 5.26 Å². The van der Waals surface area contributed by atoms with Crippen molar-refractivity contribution in [2.24, 2.45) is 0 Å². The average molecular weight is 395 g/mol. The summed E-state index contributed by atoms with van der Waals surface area (Å²) < 4.78 is 0.784. The fourth-order valence-electron chi connectivity index (χ4n) is 2.67. The standard InChI is InChI=1S/C14H10IN3O3/c15-10-4-8-6-18(11-1-2-12(19)17-13(11)20)14(21)9(8)3-7(10)5-16/h3-4,11H,1-2,6H2,(H,17,19,20). The lowest BCUT2D eigenvalue weighted by molar-refractivity contribution is -0.136. The molecule has 3 rings (SSSR count). The molecule has 1 atom stereocenters. The van der Waals surface area contributed by atoms with Crippen molar-refractivity contribution in [1.82, 2.24) is 10.2 Å². The van der Waals surface area contributed by atoms with E-state index < -0.39 is 11.9 Å². The molecule has 1 N–H and O–H groups in total. The number of carbonyl (C=O) groups is 3. The number of imide groups is 1. The summed E-state index contributed by atoms with van der Waals surface area (Å²) in [4.78, 5) is 37.0. The van der Waals surface area contributed by atoms with Gasteiger partial charge in [0.25, 0.3) is 5.91 Å². The molecule has 3 amide bonds. The van der Waals surface area contributed by atoms with Crippen molar-refractivity contribution in [1.29, 1.82) is 5.26 Å². The fourth-order valence-corrected chi connectivity index (χ4v) is 3.32. The monoisotopic (exact) mass is 395 g/mol. The summed E-state index contributed by atoms with van der Waals surface area (Å²) in [5.74, 6) is -0.989. The minimum absolute atomic E-state index is 0.234. The molecule has 6 nitrogen and oxygen atoms in total. The zero-order valence-corrected chi connectivity index (χ0v) is 13.0. The molecule has 1 saturated heterocycles. The van der Waals surface area contributed by atoms with Gasteiger partial charge in [0.1, 0.15) is 12.1 Å². The predicted octanol–water partition coefficient (Wildman–Crippen LogP) is 0.924. The Morgan fingerprint density at radius 3 is 2.76 bits per heavy atom. The number of amides is 3. The molecule has 1 aromatic rings. The third kappa shape index (κ3) is 2.29. The van der Waals surface area contributed by atoms with E-state index in [0.29, 0.717) is 24.1 Å².